The Morgan fingerprint density at radius 1 is 1.21 bits per heavy atom. The van der Waals surface area contributed by atoms with Gasteiger partial charge in [-0.15, -0.1) is 0 Å². The number of carbonyl (C=O) groups is 1. The highest BCUT2D eigenvalue weighted by Gasteiger charge is 2.25. The van der Waals surface area contributed by atoms with Gasteiger partial charge in [0, 0.05) is 17.8 Å². The maximum atomic E-state index is 12.5. The molecule has 1 saturated heterocycles. The lowest BCUT2D eigenvalue weighted by atomic mass is 10.2. The first-order valence-corrected chi connectivity index (χ1v) is 10.1. The maximum absolute atomic E-state index is 12.5. The van der Waals surface area contributed by atoms with Crippen LogP contribution in [0.2, 0.25) is 0 Å². The third kappa shape index (κ3) is 4.65. The Labute approximate surface area is 161 Å². The lowest BCUT2D eigenvalue weighted by Crippen LogP contribution is -2.28. The van der Waals surface area contributed by atoms with E-state index >= 15 is 0 Å². The first-order valence-electron chi connectivity index (χ1n) is 8.63. The van der Waals surface area contributed by atoms with E-state index < -0.39 is 31.5 Å². The van der Waals surface area contributed by atoms with Crippen molar-refractivity contribution in [2.24, 2.45) is 0 Å². The van der Waals surface area contributed by atoms with Gasteiger partial charge in [0.1, 0.15) is 6.61 Å². The molecule has 0 aromatic heterocycles. The van der Waals surface area contributed by atoms with Crippen molar-refractivity contribution < 1.29 is 22.9 Å². The number of nitrogens with one attached hydrogen (secondary N) is 2. The van der Waals surface area contributed by atoms with Gasteiger partial charge in [0.25, 0.3) is 15.7 Å². The Morgan fingerprint density at radius 2 is 1.93 bits per heavy atom. The number of nitro benzene ring substituents is 1. The summed E-state index contributed by atoms with van der Waals surface area (Å²) in [5.74, 6) is -0.498. The molecule has 2 aromatic carbocycles. The van der Waals surface area contributed by atoms with Crippen molar-refractivity contribution in [1.29, 1.82) is 0 Å². The molecule has 148 valence electrons. The third-order valence-corrected chi connectivity index (χ3v) is 5.73. The van der Waals surface area contributed by atoms with Gasteiger partial charge in [-0.2, -0.15) is 0 Å². The van der Waals surface area contributed by atoms with Crippen molar-refractivity contribution in [2.75, 3.05) is 17.9 Å². The molecule has 3 rings (SSSR count). The van der Waals surface area contributed by atoms with Crippen molar-refractivity contribution in [3.05, 3.63) is 64.2 Å². The molecular formula is C18H19N3O6S. The van der Waals surface area contributed by atoms with Gasteiger partial charge in [-0.3, -0.25) is 14.8 Å². The predicted molar refractivity (Wildman–Crippen MR) is 102 cm³/mol. The average molecular weight is 405 g/mol. The molecular weight excluding hydrogens is 386 g/mol. The SMILES string of the molecule is O=C(OCC1CCCN1)c1ccc(NS(=O)(=O)c2ccccc2[N+](=O)[O-])cc1. The molecule has 0 amide bonds. The van der Waals surface area contributed by atoms with Gasteiger partial charge in [-0.1, -0.05) is 12.1 Å². The molecule has 1 aliphatic heterocycles. The topological polar surface area (TPSA) is 128 Å². The minimum atomic E-state index is -4.16. The largest absolute Gasteiger partial charge is 0.460 e. The Kier molecular flexibility index (Phi) is 5.90. The summed E-state index contributed by atoms with van der Waals surface area (Å²) in [6.45, 7) is 1.20. The van der Waals surface area contributed by atoms with Crippen LogP contribution in [0.3, 0.4) is 0 Å². The number of hydrogen-bond donors (Lipinski definition) is 2. The van der Waals surface area contributed by atoms with Crippen molar-refractivity contribution in [2.45, 2.75) is 23.8 Å². The molecule has 1 heterocycles. The van der Waals surface area contributed by atoms with Crippen LogP contribution < -0.4 is 10.0 Å². The normalized spacial score (nSPS) is 16.5. The molecule has 0 bridgehead atoms. The highest BCUT2D eigenvalue weighted by molar-refractivity contribution is 7.92. The number of carbonyl (C=O) groups excluding carboxylic acids is 1. The molecule has 28 heavy (non-hydrogen) atoms. The van der Waals surface area contributed by atoms with E-state index in [1.165, 1.54) is 36.4 Å². The molecule has 1 aliphatic rings. The van der Waals surface area contributed by atoms with Crippen LogP contribution >= 0.6 is 0 Å². The van der Waals surface area contributed by atoms with Gasteiger partial charge in [0.2, 0.25) is 0 Å². The number of sulfonamides is 1. The Morgan fingerprint density at radius 3 is 2.57 bits per heavy atom. The molecule has 0 spiro atoms. The van der Waals surface area contributed by atoms with Gasteiger partial charge in [0.15, 0.2) is 4.90 Å². The van der Waals surface area contributed by atoms with Crippen LogP contribution in [-0.2, 0) is 14.8 Å². The van der Waals surface area contributed by atoms with E-state index in [-0.39, 0.29) is 23.9 Å². The fourth-order valence-corrected chi connectivity index (χ4v) is 4.11. The second-order valence-electron chi connectivity index (χ2n) is 6.30. The van der Waals surface area contributed by atoms with E-state index in [0.29, 0.717) is 0 Å². The Balaban J connectivity index is 1.68. The van der Waals surface area contributed by atoms with E-state index in [1.54, 1.807) is 0 Å². The smallest absolute Gasteiger partial charge is 0.338 e. The number of esters is 1. The molecule has 2 N–H and O–H groups in total. The monoisotopic (exact) mass is 405 g/mol. The fourth-order valence-electron chi connectivity index (χ4n) is 2.88. The van der Waals surface area contributed by atoms with Crippen molar-refractivity contribution in [3.63, 3.8) is 0 Å². The van der Waals surface area contributed by atoms with Crippen LogP contribution in [0.15, 0.2) is 53.4 Å². The maximum Gasteiger partial charge on any atom is 0.338 e. The van der Waals surface area contributed by atoms with Gasteiger partial charge >= 0.3 is 5.97 Å². The molecule has 1 atom stereocenters. The van der Waals surface area contributed by atoms with Crippen LogP contribution in [-0.4, -0.2) is 38.5 Å². The van der Waals surface area contributed by atoms with Gasteiger partial charge < -0.3 is 10.1 Å². The third-order valence-electron chi connectivity index (χ3n) is 4.30. The van der Waals surface area contributed by atoms with Gasteiger partial charge in [0.05, 0.1) is 10.5 Å². The Hall–Kier alpha value is -2.98. The lowest BCUT2D eigenvalue weighted by molar-refractivity contribution is -0.387. The van der Waals surface area contributed by atoms with E-state index in [9.17, 15) is 23.3 Å². The van der Waals surface area contributed by atoms with Crippen molar-refractivity contribution in [1.82, 2.24) is 5.32 Å². The summed E-state index contributed by atoms with van der Waals surface area (Å²) in [5, 5.41) is 14.3. The number of anilines is 1. The predicted octanol–water partition coefficient (Wildman–Crippen LogP) is 2.30. The van der Waals surface area contributed by atoms with E-state index in [1.807, 2.05) is 0 Å². The average Bonchev–Trinajstić information content (AvgIpc) is 3.20. The second kappa shape index (κ2) is 8.36. The number of para-hydroxylation sites is 1. The number of hydrogen-bond acceptors (Lipinski definition) is 7. The Bertz CT molecular complexity index is 969. The van der Waals surface area contributed by atoms with Crippen LogP contribution in [0.1, 0.15) is 23.2 Å². The summed E-state index contributed by atoms with van der Waals surface area (Å²) in [6.07, 6.45) is 2.01. The molecule has 9 nitrogen and oxygen atoms in total. The molecule has 0 aliphatic carbocycles. The molecule has 0 radical (unpaired) electrons. The number of benzene rings is 2. The first-order chi connectivity index (χ1) is 13.4. The van der Waals surface area contributed by atoms with Crippen molar-refractivity contribution >= 4 is 27.4 Å². The quantitative estimate of drug-likeness (QED) is 0.411. The number of rotatable bonds is 7. The number of ether oxygens (including phenoxy) is 1. The van der Waals surface area contributed by atoms with E-state index in [2.05, 4.69) is 10.0 Å². The van der Waals surface area contributed by atoms with Crippen LogP contribution in [0, 0.1) is 10.1 Å². The summed E-state index contributed by atoms with van der Waals surface area (Å²) in [6, 6.07) is 10.9. The fraction of sp³-hybridized carbons (Fsp3) is 0.278. The molecule has 1 unspecified atom stereocenters. The second-order valence-corrected chi connectivity index (χ2v) is 7.95. The van der Waals surface area contributed by atoms with Crippen LogP contribution in [0.4, 0.5) is 11.4 Å². The summed E-state index contributed by atoms with van der Waals surface area (Å²) in [4.78, 5) is 21.9. The van der Waals surface area contributed by atoms with Gasteiger partial charge in [-0.25, -0.2) is 13.2 Å². The van der Waals surface area contributed by atoms with Gasteiger partial charge in [-0.05, 0) is 49.7 Å². The number of nitrogens with zero attached hydrogens (tertiary/aromatic N) is 1. The standard InChI is InChI=1S/C18H19N3O6S/c22-18(27-12-15-4-3-11-19-15)13-7-9-14(10-8-13)20-28(25,26)17-6-2-1-5-16(17)21(23)24/h1-2,5-10,15,19-20H,3-4,11-12H2. The van der Waals surface area contributed by atoms with Crippen molar-refractivity contribution in [3.8, 4) is 0 Å². The minimum Gasteiger partial charge on any atom is -0.460 e. The zero-order valence-electron chi connectivity index (χ0n) is 14.8. The summed E-state index contributed by atoms with van der Waals surface area (Å²) in [5.41, 5.74) is -0.0606. The van der Waals surface area contributed by atoms with Crippen LogP contribution in [0.5, 0.6) is 0 Å². The summed E-state index contributed by atoms with van der Waals surface area (Å²) >= 11 is 0. The molecule has 10 heteroatoms. The zero-order valence-corrected chi connectivity index (χ0v) is 15.6. The minimum absolute atomic E-state index is 0.164. The van der Waals surface area contributed by atoms with E-state index in [0.717, 1.165) is 31.5 Å². The first kappa shape index (κ1) is 19.8. The molecule has 0 saturated carbocycles. The summed E-state index contributed by atoms with van der Waals surface area (Å²) < 4.78 is 32.5. The highest BCUT2D eigenvalue weighted by atomic mass is 32.2. The van der Waals surface area contributed by atoms with E-state index in [4.69, 9.17) is 4.74 Å². The lowest BCUT2D eigenvalue weighted by Gasteiger charge is -2.11. The number of nitro groups is 1. The summed E-state index contributed by atoms with van der Waals surface area (Å²) in [7, 11) is -4.16. The molecule has 1 fully saturated rings. The molecule has 2 aromatic rings. The van der Waals surface area contributed by atoms with Crippen LogP contribution in [0.25, 0.3) is 0 Å². The zero-order chi connectivity index (χ0) is 20.1. The highest BCUT2D eigenvalue weighted by Crippen LogP contribution is 2.25.